The van der Waals surface area contributed by atoms with Crippen molar-refractivity contribution in [2.75, 3.05) is 6.61 Å². The monoisotopic (exact) mass is 445 g/mol. The van der Waals surface area contributed by atoms with Gasteiger partial charge in [-0.15, -0.1) is 0 Å². The summed E-state index contributed by atoms with van der Waals surface area (Å²) in [6.45, 7) is 3.83. The minimum absolute atomic E-state index is 0. The minimum atomic E-state index is -1.41. The van der Waals surface area contributed by atoms with Crippen molar-refractivity contribution in [3.05, 3.63) is 53.2 Å². The molecule has 2 aliphatic heterocycles. The van der Waals surface area contributed by atoms with Gasteiger partial charge in [-0.25, -0.2) is 0 Å². The van der Waals surface area contributed by atoms with Crippen LogP contribution in [0.15, 0.2) is 52.7 Å². The zero-order valence-electron chi connectivity index (χ0n) is 18.3. The molecule has 2 aromatic rings. The molecule has 4 rings (SSSR count). The summed E-state index contributed by atoms with van der Waals surface area (Å²) in [4.78, 5) is 29.6. The molecule has 8 nitrogen and oxygen atoms in total. The molecule has 1 saturated heterocycles. The molecule has 3 N–H and O–H groups in total. The molecule has 2 aliphatic rings. The van der Waals surface area contributed by atoms with Gasteiger partial charge in [-0.2, -0.15) is 0 Å². The van der Waals surface area contributed by atoms with E-state index in [0.717, 1.165) is 16.3 Å². The van der Waals surface area contributed by atoms with Crippen LogP contribution < -0.4 is 45.1 Å². The Morgan fingerprint density at radius 3 is 2.66 bits per heavy atom. The molecule has 1 fully saturated rings. The number of fused-ring (bicyclic) bond motifs is 2. The summed E-state index contributed by atoms with van der Waals surface area (Å²) in [7, 11) is 0. The number of aliphatic hydroxyl groups is 1. The van der Waals surface area contributed by atoms with Gasteiger partial charge in [-0.1, -0.05) is 37.3 Å². The number of ether oxygens (including phenoxy) is 1. The van der Waals surface area contributed by atoms with Gasteiger partial charge in [-0.05, 0) is 29.5 Å². The Morgan fingerprint density at radius 1 is 1.31 bits per heavy atom. The van der Waals surface area contributed by atoms with E-state index in [0.29, 0.717) is 17.9 Å². The Hall–Kier alpha value is -2.39. The summed E-state index contributed by atoms with van der Waals surface area (Å²) in [5.74, 6) is -2.10. The molecule has 1 amide bonds. The maximum atomic E-state index is 12.4. The second-order valence-corrected chi connectivity index (χ2v) is 7.96. The predicted octanol–water partition coefficient (Wildman–Crippen LogP) is -2.43. The molecule has 0 bridgehead atoms. The van der Waals surface area contributed by atoms with Crippen molar-refractivity contribution in [2.24, 2.45) is 22.6 Å². The van der Waals surface area contributed by atoms with Gasteiger partial charge in [0.1, 0.15) is 12.4 Å². The van der Waals surface area contributed by atoms with Crippen molar-refractivity contribution in [2.45, 2.75) is 32.5 Å². The molecule has 4 atom stereocenters. The number of hydrogen-bond donors (Lipinski definition) is 2. The van der Waals surface area contributed by atoms with Gasteiger partial charge in [0.25, 0.3) is 0 Å². The molecule has 0 spiro atoms. The number of carbonyl (C=O) groups is 2. The maximum absolute atomic E-state index is 12.4. The van der Waals surface area contributed by atoms with Gasteiger partial charge in [0, 0.05) is 11.3 Å². The number of carboxylic acids is 1. The fourth-order valence-electron chi connectivity index (χ4n) is 4.74. The topological polar surface area (TPSA) is 128 Å². The van der Waals surface area contributed by atoms with E-state index in [1.54, 1.807) is 6.92 Å². The molecule has 0 radical (unpaired) electrons. The molecule has 2 heterocycles. The zero-order valence-corrected chi connectivity index (χ0v) is 20.3. The Labute approximate surface area is 208 Å². The van der Waals surface area contributed by atoms with Crippen molar-refractivity contribution >= 4 is 29.0 Å². The number of carbonyl (C=O) groups excluding carboxylic acids is 2. The number of nitrogens with zero attached hydrogens (tertiary/aromatic N) is 2. The van der Waals surface area contributed by atoms with Crippen LogP contribution in [0, 0.1) is 11.8 Å². The number of β-lactam (4-membered cyclic amide) rings is 1. The first-order valence-electron chi connectivity index (χ1n) is 10.2. The van der Waals surface area contributed by atoms with E-state index in [1.165, 1.54) is 11.2 Å². The second kappa shape index (κ2) is 9.62. The molecule has 32 heavy (non-hydrogen) atoms. The van der Waals surface area contributed by atoms with Gasteiger partial charge in [0.15, 0.2) is 0 Å². The van der Waals surface area contributed by atoms with Crippen LogP contribution in [-0.2, 0) is 16.1 Å². The fraction of sp³-hybridized carbons (Fsp3) is 0.348. The van der Waals surface area contributed by atoms with Gasteiger partial charge < -0.3 is 30.4 Å². The molecule has 0 aliphatic carbocycles. The summed E-state index contributed by atoms with van der Waals surface area (Å²) >= 11 is 0. The van der Waals surface area contributed by atoms with E-state index in [9.17, 15) is 19.8 Å². The summed E-state index contributed by atoms with van der Waals surface area (Å²) in [5, 5.41) is 23.6. The molecule has 9 heteroatoms. The fourth-order valence-corrected chi connectivity index (χ4v) is 4.74. The quantitative estimate of drug-likeness (QED) is 0.211. The van der Waals surface area contributed by atoms with Crippen LogP contribution in [0.3, 0.4) is 0 Å². The maximum Gasteiger partial charge on any atom is 1.00 e. The third-order valence-corrected chi connectivity index (χ3v) is 6.23. The predicted molar refractivity (Wildman–Crippen MR) is 113 cm³/mol. The zero-order chi connectivity index (χ0) is 22.3. The molecule has 0 unspecified atom stereocenters. The van der Waals surface area contributed by atoms with Crippen LogP contribution in [0.5, 0.6) is 5.75 Å². The summed E-state index contributed by atoms with van der Waals surface area (Å²) in [6.07, 6.45) is 0.409. The summed E-state index contributed by atoms with van der Waals surface area (Å²) < 4.78 is 6.06. The number of benzene rings is 2. The van der Waals surface area contributed by atoms with Gasteiger partial charge in [0.05, 0.1) is 42.6 Å². The van der Waals surface area contributed by atoms with Crippen LogP contribution in [0.4, 0.5) is 0 Å². The molecule has 0 aromatic heterocycles. The third-order valence-electron chi connectivity index (χ3n) is 6.23. The Morgan fingerprint density at radius 2 is 2.00 bits per heavy atom. The molecular weight excluding hydrogens is 421 g/mol. The van der Waals surface area contributed by atoms with Crippen LogP contribution in [0.25, 0.3) is 10.8 Å². The number of aliphatic imine (C=N–C) groups is 1. The smallest absolute Gasteiger partial charge is 0.543 e. The van der Waals surface area contributed by atoms with E-state index in [4.69, 9.17) is 10.5 Å². The number of hydrogen-bond acceptors (Lipinski definition) is 6. The van der Waals surface area contributed by atoms with Crippen molar-refractivity contribution in [1.29, 1.82) is 0 Å². The number of rotatable bonds is 7. The number of nitrogens with two attached hydrogens (primary N) is 1. The van der Waals surface area contributed by atoms with Gasteiger partial charge in [0.2, 0.25) is 5.91 Å². The largest absolute Gasteiger partial charge is 1.00 e. The van der Waals surface area contributed by atoms with Gasteiger partial charge >= 0.3 is 29.6 Å². The van der Waals surface area contributed by atoms with Gasteiger partial charge in [-0.3, -0.25) is 9.79 Å². The average molecular weight is 445 g/mol. The Balaban J connectivity index is 0.00000289. The first-order chi connectivity index (χ1) is 14.9. The van der Waals surface area contributed by atoms with Crippen molar-refractivity contribution in [3.63, 3.8) is 0 Å². The first kappa shape index (κ1) is 24.3. The van der Waals surface area contributed by atoms with E-state index in [-0.39, 0.29) is 47.8 Å². The second-order valence-electron chi connectivity index (χ2n) is 7.96. The molecular formula is C23H24N3NaO5. The molecule has 0 saturated carbocycles. The number of carboxylic acid groups (broad SMARTS) is 1. The Kier molecular flexibility index (Phi) is 7.29. The van der Waals surface area contributed by atoms with Crippen LogP contribution in [-0.4, -0.2) is 47.0 Å². The number of aliphatic hydroxyl groups excluding tert-OH is 1. The van der Waals surface area contributed by atoms with Crippen LogP contribution in [0.1, 0.15) is 19.4 Å². The normalized spacial score (nSPS) is 23.2. The first-order valence-corrected chi connectivity index (χ1v) is 10.2. The molecule has 162 valence electrons. The standard InChI is InChI=1S/C23H25N3O5.Na/c1-12-17(21(23(29)30)26-20(12)19(13(2)27)22(26)28)10-31-18-8-4-6-15-14(9-25-11-24)5-3-7-16(15)18;/h3-8,11-13,19-20,27H,9-10H2,1-2H3,(H2,24,25)(H,29,30);/q;+1/p-1/t12-,13+,19+,20+;/m0./s1. The number of aliphatic carboxylic acids is 1. The summed E-state index contributed by atoms with van der Waals surface area (Å²) in [6, 6.07) is 11.0. The minimum Gasteiger partial charge on any atom is -0.543 e. The van der Waals surface area contributed by atoms with E-state index >= 15 is 0 Å². The van der Waals surface area contributed by atoms with E-state index in [2.05, 4.69) is 4.99 Å². The van der Waals surface area contributed by atoms with Crippen molar-refractivity contribution < 1.29 is 54.1 Å². The number of amides is 1. The third kappa shape index (κ3) is 3.92. The SMILES string of the molecule is C[C@@H](O)[C@H]1C(=O)N2C(C(=O)[O-])=C(COc3cccc4c(CN=CN)cccc34)[C@H](C)[C@H]12.[Na+]. The molecule has 2 aromatic carbocycles. The van der Waals surface area contributed by atoms with Crippen LogP contribution in [0.2, 0.25) is 0 Å². The summed E-state index contributed by atoms with van der Waals surface area (Å²) in [5.41, 5.74) is 6.70. The van der Waals surface area contributed by atoms with E-state index < -0.39 is 29.9 Å². The van der Waals surface area contributed by atoms with Crippen LogP contribution >= 0.6 is 0 Å². The van der Waals surface area contributed by atoms with Crippen molar-refractivity contribution in [3.8, 4) is 5.75 Å². The van der Waals surface area contributed by atoms with E-state index in [1.807, 2.05) is 43.3 Å². The average Bonchev–Trinajstić information content (AvgIpc) is 2.98. The van der Waals surface area contributed by atoms with Crippen molar-refractivity contribution in [1.82, 2.24) is 4.90 Å². The Bertz CT molecular complexity index is 1110.